The summed E-state index contributed by atoms with van der Waals surface area (Å²) in [5, 5.41) is 4.76. The van der Waals surface area contributed by atoms with Gasteiger partial charge >= 0.3 is 0 Å². The third-order valence-electron chi connectivity index (χ3n) is 1.92. The van der Waals surface area contributed by atoms with Crippen LogP contribution in [0.3, 0.4) is 0 Å². The van der Waals surface area contributed by atoms with Crippen LogP contribution in [0.4, 0.5) is 0 Å². The van der Waals surface area contributed by atoms with E-state index in [4.69, 9.17) is 0 Å². The first kappa shape index (κ1) is 11.0. The minimum absolute atomic E-state index is 1.03. The third kappa shape index (κ3) is 3.35. The van der Waals surface area contributed by atoms with Crippen molar-refractivity contribution >= 4 is 28.9 Å². The normalized spacial score (nSPS) is 14.4. The van der Waals surface area contributed by atoms with E-state index < -0.39 is 0 Å². The van der Waals surface area contributed by atoms with Gasteiger partial charge in [0.25, 0.3) is 0 Å². The highest BCUT2D eigenvalue weighted by molar-refractivity contribution is 7.96. The zero-order chi connectivity index (χ0) is 10.2. The van der Waals surface area contributed by atoms with E-state index in [1.807, 2.05) is 12.2 Å². The first-order valence-corrected chi connectivity index (χ1v) is 6.08. The highest BCUT2D eigenvalue weighted by atomic mass is 32.1. The summed E-state index contributed by atoms with van der Waals surface area (Å²) in [6, 6.07) is 8.36. The lowest BCUT2D eigenvalue weighted by Crippen LogP contribution is -2.23. The van der Waals surface area contributed by atoms with Crippen LogP contribution >= 0.6 is 11.4 Å². The Morgan fingerprint density at radius 3 is 2.64 bits per heavy atom. The molecule has 1 heteroatoms. The third-order valence-corrected chi connectivity index (χ3v) is 2.50. The summed E-state index contributed by atoms with van der Waals surface area (Å²) in [7, 11) is 0. The lowest BCUT2D eigenvalue weighted by Gasteiger charge is -1.88. The highest BCUT2D eigenvalue weighted by Crippen LogP contribution is 1.80. The SMILES string of the molecule is C=C/C=c1/cccc/c1=C/C/C=[SH]\C. The molecule has 0 atom stereocenters. The standard InChI is InChI=1S/C13H16S/c1-3-7-12-8-4-5-9-13(12)10-6-11-14-2/h3-5,7-11,14H,1,6H2,2H3/b12-7-,13-10-. The van der Waals surface area contributed by atoms with Gasteiger partial charge in [-0.05, 0) is 23.1 Å². The number of benzene rings is 1. The molecule has 0 N–H and O–H groups in total. The summed E-state index contributed by atoms with van der Waals surface area (Å²) >= 11 is 1.34. The van der Waals surface area contributed by atoms with E-state index >= 15 is 0 Å². The van der Waals surface area contributed by atoms with Gasteiger partial charge in [-0.3, -0.25) is 0 Å². The Morgan fingerprint density at radius 2 is 2.00 bits per heavy atom. The molecule has 74 valence electrons. The fourth-order valence-electron chi connectivity index (χ4n) is 1.26. The van der Waals surface area contributed by atoms with Gasteiger partial charge in [-0.15, -0.1) is 0 Å². The molecule has 0 nitrogen and oxygen atoms in total. The average Bonchev–Trinajstić information content (AvgIpc) is 2.21. The van der Waals surface area contributed by atoms with Crippen LogP contribution in [-0.4, -0.2) is 11.6 Å². The monoisotopic (exact) mass is 204 g/mol. The van der Waals surface area contributed by atoms with Gasteiger partial charge in [-0.2, -0.15) is 0 Å². The maximum absolute atomic E-state index is 3.71. The zero-order valence-corrected chi connectivity index (χ0v) is 9.37. The van der Waals surface area contributed by atoms with Crippen molar-refractivity contribution in [3.63, 3.8) is 0 Å². The van der Waals surface area contributed by atoms with Crippen molar-refractivity contribution < 1.29 is 0 Å². The van der Waals surface area contributed by atoms with Gasteiger partial charge in [0.1, 0.15) is 0 Å². The van der Waals surface area contributed by atoms with Crippen LogP contribution < -0.4 is 10.4 Å². The van der Waals surface area contributed by atoms with Crippen molar-refractivity contribution in [3.8, 4) is 0 Å². The maximum atomic E-state index is 3.71. The van der Waals surface area contributed by atoms with Crippen molar-refractivity contribution in [1.29, 1.82) is 0 Å². The van der Waals surface area contributed by atoms with Gasteiger partial charge in [0, 0.05) is 0 Å². The van der Waals surface area contributed by atoms with Gasteiger partial charge in [0.2, 0.25) is 0 Å². The van der Waals surface area contributed by atoms with E-state index in [0.29, 0.717) is 0 Å². The quantitative estimate of drug-likeness (QED) is 0.562. The average molecular weight is 204 g/mol. The summed E-state index contributed by atoms with van der Waals surface area (Å²) in [6.07, 6.45) is 9.27. The minimum Gasteiger partial charge on any atom is -0.207 e. The van der Waals surface area contributed by atoms with Gasteiger partial charge in [-0.1, -0.05) is 54.4 Å². The maximum Gasteiger partial charge on any atom is -0.0108 e. The summed E-state index contributed by atoms with van der Waals surface area (Å²) in [4.78, 5) is 0. The van der Waals surface area contributed by atoms with Crippen molar-refractivity contribution in [2.45, 2.75) is 6.42 Å². The molecular weight excluding hydrogens is 188 g/mol. The van der Waals surface area contributed by atoms with Crippen LogP contribution in [0.2, 0.25) is 0 Å². The summed E-state index contributed by atoms with van der Waals surface area (Å²) in [5.74, 6) is 0. The van der Waals surface area contributed by atoms with Gasteiger partial charge in [0.05, 0.1) is 0 Å². The van der Waals surface area contributed by atoms with Crippen LogP contribution in [-0.2, 0) is 0 Å². The van der Waals surface area contributed by atoms with Gasteiger partial charge in [-0.25, -0.2) is 11.4 Å². The Bertz CT molecular complexity index is 427. The second-order valence-electron chi connectivity index (χ2n) is 2.91. The summed E-state index contributed by atoms with van der Waals surface area (Å²) in [5.41, 5.74) is 0. The van der Waals surface area contributed by atoms with Crippen molar-refractivity contribution in [2.24, 2.45) is 0 Å². The Balaban J connectivity index is 3.13. The molecule has 0 bridgehead atoms. The van der Waals surface area contributed by atoms with Crippen LogP contribution in [0.5, 0.6) is 0 Å². The predicted molar refractivity (Wildman–Crippen MR) is 70.4 cm³/mol. The topological polar surface area (TPSA) is 0 Å². The number of hydrogen-bond acceptors (Lipinski definition) is 0. The first-order chi connectivity index (χ1) is 6.88. The zero-order valence-electron chi connectivity index (χ0n) is 8.48. The number of hydrogen-bond donors (Lipinski definition) is 1. The van der Waals surface area contributed by atoms with Crippen LogP contribution in [0, 0.1) is 0 Å². The molecule has 0 aliphatic rings. The molecule has 0 unspecified atom stereocenters. The molecule has 0 amide bonds. The van der Waals surface area contributed by atoms with E-state index in [1.54, 1.807) is 0 Å². The van der Waals surface area contributed by atoms with E-state index in [-0.39, 0.29) is 0 Å². The Morgan fingerprint density at radius 1 is 1.29 bits per heavy atom. The summed E-state index contributed by atoms with van der Waals surface area (Å²) < 4.78 is 0. The molecule has 0 aromatic heterocycles. The van der Waals surface area contributed by atoms with E-state index in [0.717, 1.165) is 6.42 Å². The second kappa shape index (κ2) is 6.39. The van der Waals surface area contributed by atoms with E-state index in [2.05, 4.69) is 48.5 Å². The molecule has 0 fully saturated rings. The number of allylic oxidation sites excluding steroid dienone is 1. The molecule has 1 aromatic carbocycles. The fourth-order valence-corrected chi connectivity index (χ4v) is 1.58. The molecule has 0 heterocycles. The van der Waals surface area contributed by atoms with Crippen molar-refractivity contribution in [2.75, 3.05) is 6.26 Å². The summed E-state index contributed by atoms with van der Waals surface area (Å²) in [6.45, 7) is 3.71. The first-order valence-electron chi connectivity index (χ1n) is 4.67. The highest BCUT2D eigenvalue weighted by Gasteiger charge is 1.81. The Labute approximate surface area is 89.2 Å². The van der Waals surface area contributed by atoms with Crippen LogP contribution in [0.15, 0.2) is 36.9 Å². The van der Waals surface area contributed by atoms with Gasteiger partial charge in [0.15, 0.2) is 0 Å². The molecular formula is C13H16S. The largest absolute Gasteiger partial charge is 0.207 e. The lowest BCUT2D eigenvalue weighted by molar-refractivity contribution is 1.49. The smallest absolute Gasteiger partial charge is 0.0108 e. The molecule has 0 aliphatic carbocycles. The lowest BCUT2D eigenvalue weighted by atomic mass is 10.2. The Hall–Kier alpha value is -1.08. The van der Waals surface area contributed by atoms with Crippen molar-refractivity contribution in [1.82, 2.24) is 0 Å². The molecule has 0 saturated heterocycles. The van der Waals surface area contributed by atoms with E-state index in [1.165, 1.54) is 21.8 Å². The predicted octanol–water partition coefficient (Wildman–Crippen LogP) is 1.72. The van der Waals surface area contributed by atoms with Crippen LogP contribution in [0.1, 0.15) is 6.42 Å². The number of rotatable bonds is 3. The van der Waals surface area contributed by atoms with E-state index in [9.17, 15) is 0 Å². The van der Waals surface area contributed by atoms with Gasteiger partial charge < -0.3 is 0 Å². The molecule has 14 heavy (non-hydrogen) atoms. The molecule has 0 aliphatic heterocycles. The van der Waals surface area contributed by atoms with Crippen molar-refractivity contribution in [3.05, 3.63) is 47.4 Å². The Kier molecular flexibility index (Phi) is 5.02. The fraction of sp³-hybridized carbons (Fsp3) is 0.154. The molecule has 0 spiro atoms. The second-order valence-corrected chi connectivity index (χ2v) is 3.79. The molecule has 0 saturated carbocycles. The molecule has 1 aromatic rings. The number of thiol groups is 1. The molecule has 1 rings (SSSR count). The van der Waals surface area contributed by atoms with Crippen LogP contribution in [0.25, 0.3) is 12.2 Å². The minimum atomic E-state index is 1.03. The molecule has 0 radical (unpaired) electrons.